The average molecular weight is 404 g/mol. The smallest absolute Gasteiger partial charge is 0.225 e. The van der Waals surface area contributed by atoms with Gasteiger partial charge in [-0.1, -0.05) is 18.2 Å². The van der Waals surface area contributed by atoms with Gasteiger partial charge in [0.2, 0.25) is 5.91 Å². The second-order valence-electron chi connectivity index (χ2n) is 8.48. The van der Waals surface area contributed by atoms with Crippen LogP contribution >= 0.6 is 0 Å². The molecule has 7 nitrogen and oxygen atoms in total. The highest BCUT2D eigenvalue weighted by Crippen LogP contribution is 2.27. The van der Waals surface area contributed by atoms with E-state index in [2.05, 4.69) is 34.1 Å². The van der Waals surface area contributed by atoms with Gasteiger partial charge in [-0.05, 0) is 32.0 Å². The molecule has 3 aliphatic rings. The minimum atomic E-state index is -0.449. The Morgan fingerprint density at radius 3 is 2.62 bits per heavy atom. The van der Waals surface area contributed by atoms with Crippen LogP contribution < -0.4 is 4.90 Å². The van der Waals surface area contributed by atoms with E-state index in [1.54, 1.807) is 0 Å². The van der Waals surface area contributed by atoms with E-state index in [0.717, 1.165) is 39.0 Å². The Balaban J connectivity index is 1.26. The molecule has 3 fully saturated rings. The second-order valence-corrected chi connectivity index (χ2v) is 8.48. The molecular formula is C22H33N3O4. The second kappa shape index (κ2) is 9.43. The van der Waals surface area contributed by atoms with E-state index in [4.69, 9.17) is 9.47 Å². The van der Waals surface area contributed by atoms with Crippen LogP contribution in [0.5, 0.6) is 0 Å². The number of hydrogen-bond acceptors (Lipinski definition) is 6. The Labute approximate surface area is 173 Å². The summed E-state index contributed by atoms with van der Waals surface area (Å²) in [5, 5.41) is 9.92. The van der Waals surface area contributed by atoms with Gasteiger partial charge in [-0.25, -0.2) is 0 Å². The topological polar surface area (TPSA) is 65.5 Å². The quantitative estimate of drug-likeness (QED) is 0.811. The maximum absolute atomic E-state index is 12.9. The number of hydrogen-bond donors (Lipinski definition) is 1. The van der Waals surface area contributed by atoms with Crippen LogP contribution in [0.4, 0.5) is 5.69 Å². The highest BCUT2D eigenvalue weighted by molar-refractivity contribution is 5.77. The van der Waals surface area contributed by atoms with Crippen molar-refractivity contribution in [3.05, 3.63) is 30.3 Å². The first-order valence-electron chi connectivity index (χ1n) is 10.8. The maximum Gasteiger partial charge on any atom is 0.225 e. The van der Waals surface area contributed by atoms with Gasteiger partial charge in [-0.15, -0.1) is 0 Å². The van der Waals surface area contributed by atoms with Crippen molar-refractivity contribution in [1.82, 2.24) is 9.80 Å². The number of para-hydroxylation sites is 1. The summed E-state index contributed by atoms with van der Waals surface area (Å²) in [4.78, 5) is 19.3. The van der Waals surface area contributed by atoms with Crippen molar-refractivity contribution in [2.45, 2.75) is 43.6 Å². The molecule has 1 amide bonds. The summed E-state index contributed by atoms with van der Waals surface area (Å²) in [6.45, 7) is 4.67. The Kier molecular flexibility index (Phi) is 6.70. The number of benzene rings is 1. The van der Waals surface area contributed by atoms with E-state index in [1.807, 2.05) is 18.0 Å². The van der Waals surface area contributed by atoms with Gasteiger partial charge in [0.15, 0.2) is 0 Å². The van der Waals surface area contributed by atoms with E-state index >= 15 is 0 Å². The lowest BCUT2D eigenvalue weighted by atomic mass is 9.95. The number of aliphatic hydroxyl groups excluding tert-OH is 1. The molecule has 0 radical (unpaired) electrons. The highest BCUT2D eigenvalue weighted by atomic mass is 16.5. The number of carbonyl (C=O) groups is 1. The summed E-state index contributed by atoms with van der Waals surface area (Å²) >= 11 is 0. The summed E-state index contributed by atoms with van der Waals surface area (Å²) < 4.78 is 11.9. The highest BCUT2D eigenvalue weighted by Gasteiger charge is 2.37. The third-order valence-electron chi connectivity index (χ3n) is 6.39. The largest absolute Gasteiger partial charge is 0.389 e. The molecule has 0 spiro atoms. The molecule has 0 unspecified atom stereocenters. The third-order valence-corrected chi connectivity index (χ3v) is 6.39. The monoisotopic (exact) mass is 403 g/mol. The van der Waals surface area contributed by atoms with Crippen molar-refractivity contribution in [3.8, 4) is 0 Å². The number of carbonyl (C=O) groups excluding carboxylic acids is 1. The van der Waals surface area contributed by atoms with E-state index in [1.165, 1.54) is 5.69 Å². The van der Waals surface area contributed by atoms with Gasteiger partial charge in [0.25, 0.3) is 0 Å². The summed E-state index contributed by atoms with van der Waals surface area (Å²) in [6.07, 6.45) is 1.76. The molecule has 3 aliphatic heterocycles. The van der Waals surface area contributed by atoms with Crippen LogP contribution in [0.1, 0.15) is 19.3 Å². The van der Waals surface area contributed by atoms with Gasteiger partial charge in [0.05, 0.1) is 37.9 Å². The molecule has 0 saturated carbocycles. The van der Waals surface area contributed by atoms with Crippen molar-refractivity contribution in [2.75, 3.05) is 57.9 Å². The van der Waals surface area contributed by atoms with E-state index < -0.39 is 6.10 Å². The first kappa shape index (κ1) is 20.6. The van der Waals surface area contributed by atoms with Crippen molar-refractivity contribution in [3.63, 3.8) is 0 Å². The van der Waals surface area contributed by atoms with Gasteiger partial charge >= 0.3 is 0 Å². The van der Waals surface area contributed by atoms with Gasteiger partial charge in [-0.2, -0.15) is 0 Å². The third kappa shape index (κ3) is 5.09. The number of amides is 1. The summed E-state index contributed by atoms with van der Waals surface area (Å²) in [5.41, 5.74) is 1.22. The maximum atomic E-state index is 12.9. The number of rotatable bonds is 3. The lowest BCUT2D eigenvalue weighted by Gasteiger charge is -2.43. The number of piperazine rings is 1. The number of fused-ring (bicyclic) bond motifs is 1. The van der Waals surface area contributed by atoms with Crippen molar-refractivity contribution >= 4 is 11.6 Å². The molecule has 4 atom stereocenters. The molecule has 3 saturated heterocycles. The molecule has 7 heteroatoms. The van der Waals surface area contributed by atoms with E-state index in [9.17, 15) is 9.90 Å². The first-order valence-corrected chi connectivity index (χ1v) is 10.8. The van der Waals surface area contributed by atoms with E-state index in [0.29, 0.717) is 26.2 Å². The van der Waals surface area contributed by atoms with Crippen LogP contribution in [-0.4, -0.2) is 98.2 Å². The van der Waals surface area contributed by atoms with E-state index in [-0.39, 0.29) is 24.2 Å². The molecule has 29 heavy (non-hydrogen) atoms. The Morgan fingerprint density at radius 2 is 1.86 bits per heavy atom. The lowest BCUT2D eigenvalue weighted by molar-refractivity contribution is -0.157. The fourth-order valence-electron chi connectivity index (χ4n) is 4.77. The predicted molar refractivity (Wildman–Crippen MR) is 111 cm³/mol. The predicted octanol–water partition coefficient (Wildman–Crippen LogP) is 0.964. The Hall–Kier alpha value is -1.67. The standard InChI is InChI=1S/C22H33N3O4/c1-23-14-18(26)15-28-16-21-20(23)8-7-19(29-21)13-22(27)25-11-9-24(10-12-25)17-5-3-2-4-6-17/h2-6,18-21,26H,7-16H2,1H3/t18-,19+,20-,21+/m0/s1. The van der Waals surface area contributed by atoms with Gasteiger partial charge in [0, 0.05) is 44.5 Å². The molecule has 1 aromatic carbocycles. The van der Waals surface area contributed by atoms with Crippen molar-refractivity contribution in [2.24, 2.45) is 0 Å². The minimum absolute atomic E-state index is 0.0334. The number of aliphatic hydroxyl groups is 1. The Morgan fingerprint density at radius 1 is 1.10 bits per heavy atom. The average Bonchev–Trinajstić information content (AvgIpc) is 2.73. The van der Waals surface area contributed by atoms with Gasteiger partial charge in [-0.3, -0.25) is 9.69 Å². The van der Waals surface area contributed by atoms with Crippen LogP contribution in [0.15, 0.2) is 30.3 Å². The molecule has 0 aromatic heterocycles. The van der Waals surface area contributed by atoms with Crippen molar-refractivity contribution in [1.29, 1.82) is 0 Å². The number of likely N-dealkylation sites (N-methyl/N-ethyl adjacent to an activating group) is 1. The van der Waals surface area contributed by atoms with Crippen LogP contribution in [0.2, 0.25) is 0 Å². The van der Waals surface area contributed by atoms with Crippen molar-refractivity contribution < 1.29 is 19.4 Å². The zero-order valence-corrected chi connectivity index (χ0v) is 17.3. The molecule has 0 aliphatic carbocycles. The fourth-order valence-corrected chi connectivity index (χ4v) is 4.77. The SMILES string of the molecule is CN1C[C@H](O)COC[C@H]2O[C@@H](CC(=O)N3CCN(c4ccccc4)CC3)CC[C@@H]21. The molecular weight excluding hydrogens is 370 g/mol. The molecule has 3 heterocycles. The number of ether oxygens (including phenoxy) is 2. The number of β-amino-alcohol motifs (C(OH)–C–C–N with tert-alkyl or cyclic N) is 1. The zero-order chi connectivity index (χ0) is 20.2. The Bertz CT molecular complexity index is 665. The number of nitrogens with zero attached hydrogens (tertiary/aromatic N) is 3. The van der Waals surface area contributed by atoms with Gasteiger partial charge < -0.3 is 24.4 Å². The minimum Gasteiger partial charge on any atom is -0.389 e. The molecule has 1 aromatic rings. The first-order chi connectivity index (χ1) is 14.1. The normalized spacial score (nSPS) is 31.7. The van der Waals surface area contributed by atoms with Crippen LogP contribution in [0, 0.1) is 0 Å². The van der Waals surface area contributed by atoms with Crippen LogP contribution in [0.3, 0.4) is 0 Å². The van der Waals surface area contributed by atoms with Crippen LogP contribution in [-0.2, 0) is 14.3 Å². The lowest BCUT2D eigenvalue weighted by Crippen LogP contribution is -2.55. The summed E-state index contributed by atoms with van der Waals surface area (Å²) in [7, 11) is 2.03. The summed E-state index contributed by atoms with van der Waals surface area (Å²) in [5.74, 6) is 0.191. The number of anilines is 1. The summed E-state index contributed by atoms with van der Waals surface area (Å²) in [6, 6.07) is 10.6. The van der Waals surface area contributed by atoms with Gasteiger partial charge in [0.1, 0.15) is 0 Å². The molecule has 1 N–H and O–H groups in total. The fraction of sp³-hybridized carbons (Fsp3) is 0.682. The molecule has 0 bridgehead atoms. The molecule has 160 valence electrons. The molecule has 4 rings (SSSR count). The van der Waals surface area contributed by atoms with Crippen LogP contribution in [0.25, 0.3) is 0 Å². The zero-order valence-electron chi connectivity index (χ0n) is 17.3.